The Morgan fingerprint density at radius 2 is 1.68 bits per heavy atom. The Bertz CT molecular complexity index is 281. The van der Waals surface area contributed by atoms with Crippen LogP contribution in [0.4, 0.5) is 0 Å². The Morgan fingerprint density at radius 3 is 2.21 bits per heavy atom. The molecule has 0 heterocycles. The molecule has 0 spiro atoms. The highest BCUT2D eigenvalue weighted by molar-refractivity contribution is 5.75. The van der Waals surface area contributed by atoms with Crippen molar-refractivity contribution in [2.24, 2.45) is 10.8 Å². The van der Waals surface area contributed by atoms with Gasteiger partial charge >= 0.3 is 0 Å². The van der Waals surface area contributed by atoms with Crippen molar-refractivity contribution in [2.75, 3.05) is 13.1 Å². The van der Waals surface area contributed by atoms with Crippen LogP contribution in [0, 0.1) is 10.8 Å². The molecule has 1 rings (SSSR count). The van der Waals surface area contributed by atoms with Crippen molar-refractivity contribution >= 4 is 5.91 Å². The highest BCUT2D eigenvalue weighted by atomic mass is 16.1. The van der Waals surface area contributed by atoms with Gasteiger partial charge in [0.05, 0.1) is 0 Å². The van der Waals surface area contributed by atoms with Crippen molar-refractivity contribution in [3.05, 3.63) is 0 Å². The summed E-state index contributed by atoms with van der Waals surface area (Å²) in [5.41, 5.74) is 0.813. The fraction of sp³-hybridized carbons (Fsp3) is 0.938. The zero-order valence-electron chi connectivity index (χ0n) is 13.4. The van der Waals surface area contributed by atoms with Gasteiger partial charge in [0.15, 0.2) is 0 Å². The highest BCUT2D eigenvalue weighted by Crippen LogP contribution is 2.45. The van der Waals surface area contributed by atoms with Crippen LogP contribution < -0.4 is 10.6 Å². The van der Waals surface area contributed by atoms with Gasteiger partial charge in [-0.15, -0.1) is 0 Å². The van der Waals surface area contributed by atoms with Crippen molar-refractivity contribution in [3.63, 3.8) is 0 Å². The molecule has 0 radical (unpaired) electrons. The number of amides is 1. The molecule has 112 valence electrons. The molecule has 0 aromatic carbocycles. The molecular formula is C16H32N2O. The van der Waals surface area contributed by atoms with Crippen LogP contribution in [-0.4, -0.2) is 25.0 Å². The van der Waals surface area contributed by atoms with E-state index in [2.05, 4.69) is 45.3 Å². The molecule has 0 aliphatic heterocycles. The molecule has 1 aliphatic rings. The fourth-order valence-corrected chi connectivity index (χ4v) is 3.73. The van der Waals surface area contributed by atoms with E-state index in [1.807, 2.05) is 0 Å². The molecule has 1 aliphatic carbocycles. The van der Waals surface area contributed by atoms with E-state index in [0.717, 1.165) is 19.5 Å². The van der Waals surface area contributed by atoms with E-state index < -0.39 is 0 Å². The number of hydrogen-bond acceptors (Lipinski definition) is 2. The lowest BCUT2D eigenvalue weighted by atomic mass is 9.63. The second-order valence-electron chi connectivity index (χ2n) is 7.66. The summed E-state index contributed by atoms with van der Waals surface area (Å²) in [7, 11) is 0. The summed E-state index contributed by atoms with van der Waals surface area (Å²) in [6, 6.07) is 0.553. The Labute approximate surface area is 118 Å². The van der Waals surface area contributed by atoms with Crippen molar-refractivity contribution < 1.29 is 4.79 Å². The third-order valence-electron chi connectivity index (χ3n) is 3.91. The first kappa shape index (κ1) is 16.5. The van der Waals surface area contributed by atoms with E-state index in [9.17, 15) is 4.79 Å². The molecule has 2 N–H and O–H groups in total. The lowest BCUT2D eigenvalue weighted by molar-refractivity contribution is -0.121. The van der Waals surface area contributed by atoms with Gasteiger partial charge in [0.25, 0.3) is 0 Å². The lowest BCUT2D eigenvalue weighted by Gasteiger charge is -2.45. The van der Waals surface area contributed by atoms with E-state index in [1.54, 1.807) is 0 Å². The number of nitrogens with one attached hydrogen (secondary N) is 2. The van der Waals surface area contributed by atoms with Crippen molar-refractivity contribution in [2.45, 2.75) is 72.8 Å². The molecule has 1 fully saturated rings. The average molecular weight is 268 g/mol. The standard InChI is InChI=1S/C16H32N2O/c1-6-8-18-14(19)7-9-17-13-10-15(2,3)12-16(4,5)11-13/h13,17H,6-12H2,1-5H3,(H,18,19). The summed E-state index contributed by atoms with van der Waals surface area (Å²) in [6.45, 7) is 13.1. The van der Waals surface area contributed by atoms with Crippen molar-refractivity contribution in [1.29, 1.82) is 0 Å². The van der Waals surface area contributed by atoms with Gasteiger partial charge < -0.3 is 10.6 Å². The minimum atomic E-state index is 0.170. The normalized spacial score (nSPS) is 22.2. The number of carbonyl (C=O) groups excluding carboxylic acids is 1. The Kier molecular flexibility index (Phi) is 5.84. The van der Waals surface area contributed by atoms with Crippen LogP contribution >= 0.6 is 0 Å². The second kappa shape index (κ2) is 6.74. The van der Waals surface area contributed by atoms with Crippen LogP contribution in [0.3, 0.4) is 0 Å². The Balaban J connectivity index is 2.31. The van der Waals surface area contributed by atoms with Crippen LogP contribution in [0.2, 0.25) is 0 Å². The van der Waals surface area contributed by atoms with Crippen LogP contribution in [0.15, 0.2) is 0 Å². The molecule has 1 amide bonds. The quantitative estimate of drug-likeness (QED) is 0.777. The van der Waals surface area contributed by atoms with Crippen LogP contribution in [-0.2, 0) is 4.79 Å². The third-order valence-corrected chi connectivity index (χ3v) is 3.91. The van der Waals surface area contributed by atoms with Gasteiger partial charge in [-0.25, -0.2) is 0 Å². The van der Waals surface area contributed by atoms with Gasteiger partial charge in [-0.1, -0.05) is 34.6 Å². The maximum Gasteiger partial charge on any atom is 0.221 e. The molecule has 0 aromatic heterocycles. The first-order chi connectivity index (χ1) is 8.74. The largest absolute Gasteiger partial charge is 0.356 e. The fourth-order valence-electron chi connectivity index (χ4n) is 3.73. The smallest absolute Gasteiger partial charge is 0.221 e. The summed E-state index contributed by atoms with van der Waals surface area (Å²) in [4.78, 5) is 11.5. The van der Waals surface area contributed by atoms with E-state index in [-0.39, 0.29) is 5.91 Å². The summed E-state index contributed by atoms with van der Waals surface area (Å²) < 4.78 is 0. The summed E-state index contributed by atoms with van der Waals surface area (Å²) in [5.74, 6) is 0.170. The number of carbonyl (C=O) groups is 1. The molecule has 0 bridgehead atoms. The zero-order valence-corrected chi connectivity index (χ0v) is 13.4. The van der Waals surface area contributed by atoms with Crippen molar-refractivity contribution in [3.8, 4) is 0 Å². The maximum atomic E-state index is 11.5. The van der Waals surface area contributed by atoms with Gasteiger partial charge in [-0.2, -0.15) is 0 Å². The zero-order chi connectivity index (χ0) is 14.5. The van der Waals surface area contributed by atoms with E-state index >= 15 is 0 Å². The van der Waals surface area contributed by atoms with E-state index in [1.165, 1.54) is 19.3 Å². The molecule has 0 aromatic rings. The molecular weight excluding hydrogens is 236 g/mol. The predicted octanol–water partition coefficient (Wildman–Crippen LogP) is 3.10. The SMILES string of the molecule is CCCNC(=O)CCNC1CC(C)(C)CC(C)(C)C1. The predicted molar refractivity (Wildman–Crippen MR) is 81.1 cm³/mol. The average Bonchev–Trinajstić information content (AvgIpc) is 2.22. The molecule has 19 heavy (non-hydrogen) atoms. The highest BCUT2D eigenvalue weighted by Gasteiger charge is 2.37. The van der Waals surface area contributed by atoms with Crippen LogP contribution in [0.25, 0.3) is 0 Å². The number of hydrogen-bond donors (Lipinski definition) is 2. The molecule has 3 heteroatoms. The van der Waals surface area contributed by atoms with Crippen LogP contribution in [0.5, 0.6) is 0 Å². The van der Waals surface area contributed by atoms with E-state index in [4.69, 9.17) is 0 Å². The molecule has 0 atom stereocenters. The van der Waals surface area contributed by atoms with Crippen LogP contribution in [0.1, 0.15) is 66.7 Å². The van der Waals surface area contributed by atoms with Gasteiger partial charge in [0.1, 0.15) is 0 Å². The number of rotatable bonds is 6. The maximum absolute atomic E-state index is 11.5. The lowest BCUT2D eigenvalue weighted by Crippen LogP contribution is -2.44. The third kappa shape index (κ3) is 6.42. The summed E-state index contributed by atoms with van der Waals surface area (Å²) in [5, 5.41) is 6.50. The van der Waals surface area contributed by atoms with Gasteiger partial charge in [-0.3, -0.25) is 4.79 Å². The van der Waals surface area contributed by atoms with Crippen molar-refractivity contribution in [1.82, 2.24) is 10.6 Å². The minimum Gasteiger partial charge on any atom is -0.356 e. The Morgan fingerprint density at radius 1 is 1.11 bits per heavy atom. The second-order valence-corrected chi connectivity index (χ2v) is 7.66. The molecule has 1 saturated carbocycles. The Hall–Kier alpha value is -0.570. The monoisotopic (exact) mass is 268 g/mol. The molecule has 3 nitrogen and oxygen atoms in total. The first-order valence-electron chi connectivity index (χ1n) is 7.74. The van der Waals surface area contributed by atoms with E-state index in [0.29, 0.717) is 23.3 Å². The summed E-state index contributed by atoms with van der Waals surface area (Å²) >= 11 is 0. The summed E-state index contributed by atoms with van der Waals surface area (Å²) in [6.07, 6.45) is 5.32. The first-order valence-corrected chi connectivity index (χ1v) is 7.74. The minimum absolute atomic E-state index is 0.170. The van der Waals surface area contributed by atoms with Gasteiger partial charge in [-0.05, 0) is 36.5 Å². The van der Waals surface area contributed by atoms with Gasteiger partial charge in [0.2, 0.25) is 5.91 Å². The topological polar surface area (TPSA) is 41.1 Å². The molecule has 0 unspecified atom stereocenters. The molecule has 0 saturated heterocycles. The van der Waals surface area contributed by atoms with Gasteiger partial charge in [0, 0.05) is 25.6 Å².